The highest BCUT2D eigenvalue weighted by Crippen LogP contribution is 2.32. The van der Waals surface area contributed by atoms with Crippen LogP contribution in [0.25, 0.3) is 11.1 Å². The summed E-state index contributed by atoms with van der Waals surface area (Å²) in [5.74, 6) is -1.39. The minimum atomic E-state index is -4.44. The summed E-state index contributed by atoms with van der Waals surface area (Å²) in [6, 6.07) is 8.52. The second kappa shape index (κ2) is 7.87. The molecule has 26 heavy (non-hydrogen) atoms. The Morgan fingerprint density at radius 2 is 1.69 bits per heavy atom. The van der Waals surface area contributed by atoms with Gasteiger partial charge >= 0.3 is 18.2 Å². The van der Waals surface area contributed by atoms with Crippen LogP contribution in [0.15, 0.2) is 48.5 Å². The minimum absolute atomic E-state index is 0.306. The van der Waals surface area contributed by atoms with Gasteiger partial charge in [0.25, 0.3) is 0 Å². The number of carbonyl (C=O) groups is 2. The molecule has 0 aliphatic carbocycles. The van der Waals surface area contributed by atoms with Crippen LogP contribution in [0.5, 0.6) is 0 Å². The number of aliphatic carboxylic acids is 1. The highest BCUT2D eigenvalue weighted by atomic mass is 19.4. The van der Waals surface area contributed by atoms with Crippen molar-refractivity contribution in [3.63, 3.8) is 0 Å². The number of amides is 2. The van der Waals surface area contributed by atoms with Crippen LogP contribution in [0.1, 0.15) is 5.56 Å². The fraction of sp³-hybridized carbons (Fsp3) is 0.176. The summed E-state index contributed by atoms with van der Waals surface area (Å²) in [6.07, 6.45) is -4.44. The molecule has 0 aliphatic heterocycles. The zero-order chi connectivity index (χ0) is 19.3. The van der Waals surface area contributed by atoms with Crippen LogP contribution in [-0.4, -0.2) is 34.9 Å². The summed E-state index contributed by atoms with van der Waals surface area (Å²) in [7, 11) is 0. The van der Waals surface area contributed by atoms with E-state index in [0.717, 1.165) is 12.1 Å². The lowest BCUT2D eigenvalue weighted by Crippen LogP contribution is -2.45. The lowest BCUT2D eigenvalue weighted by atomic mass is 10.0. The molecule has 0 heterocycles. The van der Waals surface area contributed by atoms with Crippen LogP contribution < -0.4 is 10.6 Å². The maximum Gasteiger partial charge on any atom is 0.416 e. The van der Waals surface area contributed by atoms with Crippen molar-refractivity contribution in [2.24, 2.45) is 0 Å². The third-order valence-corrected chi connectivity index (χ3v) is 3.45. The molecule has 0 fully saturated rings. The molecule has 0 aliphatic rings. The number of halogens is 3. The van der Waals surface area contributed by atoms with E-state index in [1.165, 1.54) is 36.4 Å². The number of rotatable bonds is 5. The Morgan fingerprint density at radius 1 is 1.04 bits per heavy atom. The van der Waals surface area contributed by atoms with Crippen molar-refractivity contribution >= 4 is 17.7 Å². The van der Waals surface area contributed by atoms with Crippen LogP contribution in [-0.2, 0) is 11.0 Å². The van der Waals surface area contributed by atoms with Crippen molar-refractivity contribution in [1.29, 1.82) is 0 Å². The second-order valence-corrected chi connectivity index (χ2v) is 5.33. The molecule has 6 nitrogen and oxygen atoms in total. The van der Waals surface area contributed by atoms with Crippen molar-refractivity contribution in [3.8, 4) is 11.1 Å². The van der Waals surface area contributed by atoms with Crippen molar-refractivity contribution in [1.82, 2.24) is 5.32 Å². The SMILES string of the molecule is O=C(Nc1ccc(-c2cccc(C(F)(F)F)c2)cc1)NC(CO)C(=O)O. The van der Waals surface area contributed by atoms with Crippen LogP contribution in [0.3, 0.4) is 0 Å². The Kier molecular flexibility index (Phi) is 5.83. The van der Waals surface area contributed by atoms with E-state index in [9.17, 15) is 22.8 Å². The van der Waals surface area contributed by atoms with E-state index in [2.05, 4.69) is 10.6 Å². The lowest BCUT2D eigenvalue weighted by molar-refractivity contribution is -0.140. The Morgan fingerprint density at radius 3 is 2.23 bits per heavy atom. The number of anilines is 1. The number of carboxylic acids is 1. The molecule has 0 aromatic heterocycles. The predicted octanol–water partition coefficient (Wildman–Crippen LogP) is 2.94. The average molecular weight is 368 g/mol. The fourth-order valence-corrected chi connectivity index (χ4v) is 2.13. The molecule has 4 N–H and O–H groups in total. The van der Waals surface area contributed by atoms with E-state index in [1.54, 1.807) is 0 Å². The normalized spacial score (nSPS) is 12.3. The minimum Gasteiger partial charge on any atom is -0.480 e. The first-order valence-corrected chi connectivity index (χ1v) is 7.39. The number of nitrogens with one attached hydrogen (secondary N) is 2. The molecule has 9 heteroatoms. The van der Waals surface area contributed by atoms with Crippen molar-refractivity contribution in [2.45, 2.75) is 12.2 Å². The molecule has 2 aromatic carbocycles. The molecule has 1 unspecified atom stereocenters. The molecule has 2 aromatic rings. The van der Waals surface area contributed by atoms with Gasteiger partial charge in [0.1, 0.15) is 0 Å². The number of aliphatic hydroxyl groups excluding tert-OH is 1. The number of hydrogen-bond donors (Lipinski definition) is 4. The second-order valence-electron chi connectivity index (χ2n) is 5.33. The first kappa shape index (κ1) is 19.3. The quantitative estimate of drug-likeness (QED) is 0.652. The van der Waals surface area contributed by atoms with Crippen molar-refractivity contribution < 1.29 is 33.0 Å². The van der Waals surface area contributed by atoms with E-state index < -0.39 is 36.4 Å². The van der Waals surface area contributed by atoms with E-state index in [-0.39, 0.29) is 0 Å². The maximum atomic E-state index is 12.8. The molecular formula is C17H15F3N2O4. The number of aliphatic hydroxyl groups is 1. The number of alkyl halides is 3. The smallest absolute Gasteiger partial charge is 0.416 e. The third kappa shape index (κ3) is 4.96. The molecule has 0 radical (unpaired) electrons. The van der Waals surface area contributed by atoms with Gasteiger partial charge in [-0.1, -0.05) is 24.3 Å². The van der Waals surface area contributed by atoms with Crippen LogP contribution in [0.4, 0.5) is 23.7 Å². The standard InChI is InChI=1S/C17H15F3N2O4/c18-17(19,20)12-3-1-2-11(8-12)10-4-6-13(7-5-10)21-16(26)22-14(9-23)15(24)25/h1-8,14,23H,9H2,(H,24,25)(H2,21,22,26). The van der Waals surface area contributed by atoms with Crippen LogP contribution in [0, 0.1) is 0 Å². The Bertz CT molecular complexity index is 791. The summed E-state index contributed by atoms with van der Waals surface area (Å²) >= 11 is 0. The number of urea groups is 1. The zero-order valence-electron chi connectivity index (χ0n) is 13.2. The van der Waals surface area contributed by atoms with Gasteiger partial charge in [-0.25, -0.2) is 9.59 Å². The summed E-state index contributed by atoms with van der Waals surface area (Å²) < 4.78 is 38.3. The van der Waals surface area contributed by atoms with Gasteiger partial charge in [0, 0.05) is 5.69 Å². The Labute approximate surface area is 146 Å². The van der Waals surface area contributed by atoms with Crippen LogP contribution in [0.2, 0.25) is 0 Å². The Balaban J connectivity index is 2.09. The van der Waals surface area contributed by atoms with Gasteiger partial charge in [0.2, 0.25) is 0 Å². The van der Waals surface area contributed by atoms with Gasteiger partial charge < -0.3 is 20.8 Å². The van der Waals surface area contributed by atoms with Crippen LogP contribution >= 0.6 is 0 Å². The topological polar surface area (TPSA) is 98.7 Å². The number of hydrogen-bond acceptors (Lipinski definition) is 3. The molecule has 0 bridgehead atoms. The van der Waals surface area contributed by atoms with E-state index in [1.807, 2.05) is 0 Å². The largest absolute Gasteiger partial charge is 0.480 e. The van der Waals surface area contributed by atoms with E-state index in [0.29, 0.717) is 16.8 Å². The molecule has 0 saturated carbocycles. The number of carbonyl (C=O) groups excluding carboxylic acids is 1. The van der Waals surface area contributed by atoms with Crippen molar-refractivity contribution in [3.05, 3.63) is 54.1 Å². The molecule has 1 atom stereocenters. The maximum absolute atomic E-state index is 12.8. The zero-order valence-corrected chi connectivity index (χ0v) is 13.2. The van der Waals surface area contributed by atoms with Gasteiger partial charge in [-0.3, -0.25) is 0 Å². The van der Waals surface area contributed by atoms with Gasteiger partial charge in [0.15, 0.2) is 6.04 Å². The molecule has 138 valence electrons. The number of carboxylic acid groups (broad SMARTS) is 1. The molecule has 2 amide bonds. The summed E-state index contributed by atoms with van der Waals surface area (Å²) in [5, 5.41) is 22.0. The molecule has 2 rings (SSSR count). The predicted molar refractivity (Wildman–Crippen MR) is 87.5 cm³/mol. The summed E-state index contributed by atoms with van der Waals surface area (Å²) in [4.78, 5) is 22.4. The highest BCUT2D eigenvalue weighted by Gasteiger charge is 2.30. The highest BCUT2D eigenvalue weighted by molar-refractivity contribution is 5.92. The van der Waals surface area contributed by atoms with Gasteiger partial charge in [-0.2, -0.15) is 13.2 Å². The van der Waals surface area contributed by atoms with Crippen molar-refractivity contribution in [2.75, 3.05) is 11.9 Å². The third-order valence-electron chi connectivity index (χ3n) is 3.45. The van der Waals surface area contributed by atoms with E-state index in [4.69, 9.17) is 10.2 Å². The molecular weight excluding hydrogens is 353 g/mol. The summed E-state index contributed by atoms with van der Waals surface area (Å²) in [5.41, 5.74) is 0.420. The first-order valence-electron chi connectivity index (χ1n) is 7.39. The van der Waals surface area contributed by atoms with E-state index >= 15 is 0 Å². The Hall–Kier alpha value is -3.07. The van der Waals surface area contributed by atoms with Gasteiger partial charge in [-0.05, 0) is 35.4 Å². The monoisotopic (exact) mass is 368 g/mol. The summed E-state index contributed by atoms with van der Waals surface area (Å²) in [6.45, 7) is -0.767. The van der Waals surface area contributed by atoms with Gasteiger partial charge in [-0.15, -0.1) is 0 Å². The number of benzene rings is 2. The van der Waals surface area contributed by atoms with Gasteiger partial charge in [0.05, 0.1) is 12.2 Å². The molecule has 0 saturated heterocycles. The molecule has 0 spiro atoms. The fourth-order valence-electron chi connectivity index (χ4n) is 2.13. The average Bonchev–Trinajstić information content (AvgIpc) is 2.59. The first-order chi connectivity index (χ1) is 12.2. The lowest BCUT2D eigenvalue weighted by Gasteiger charge is -2.13.